The molecule has 0 spiro atoms. The van der Waals surface area contributed by atoms with Crippen molar-refractivity contribution in [2.24, 2.45) is 47.3 Å². The third-order valence-electron chi connectivity index (χ3n) is 8.10. The lowest BCUT2D eigenvalue weighted by Crippen LogP contribution is -2.63. The van der Waals surface area contributed by atoms with Gasteiger partial charge in [0.2, 0.25) is 23.6 Å². The third kappa shape index (κ3) is 1.94. The fourth-order valence-electron chi connectivity index (χ4n) is 7.02. The number of aromatic nitrogens is 2. The molecular formula is C24H18N4O4. The van der Waals surface area contributed by atoms with Crippen LogP contribution in [0, 0.1) is 47.3 Å². The number of rotatable bonds is 2. The van der Waals surface area contributed by atoms with Crippen LogP contribution < -0.4 is 9.80 Å². The highest BCUT2D eigenvalue weighted by Gasteiger charge is 2.75. The van der Waals surface area contributed by atoms with Crippen LogP contribution in [0.2, 0.25) is 0 Å². The van der Waals surface area contributed by atoms with Crippen molar-refractivity contribution in [2.45, 2.75) is 0 Å². The minimum atomic E-state index is -0.506. The van der Waals surface area contributed by atoms with Gasteiger partial charge in [0.15, 0.2) is 0 Å². The zero-order valence-corrected chi connectivity index (χ0v) is 16.8. The molecule has 8 atom stereocenters. The van der Waals surface area contributed by atoms with Crippen molar-refractivity contribution < 1.29 is 19.2 Å². The number of carbonyl (C=O) groups excluding carboxylic acids is 4. The van der Waals surface area contributed by atoms with Crippen LogP contribution in [-0.2, 0) is 19.2 Å². The van der Waals surface area contributed by atoms with Gasteiger partial charge in [-0.25, -0.2) is 19.8 Å². The number of allylic oxidation sites excluding steroid dienone is 2. The second-order valence-electron chi connectivity index (χ2n) is 9.20. The summed E-state index contributed by atoms with van der Waals surface area (Å²) in [5.41, 5.74) is 0. The number of fused-ring (bicyclic) bond motifs is 1. The highest BCUT2D eigenvalue weighted by atomic mass is 16.2. The molecule has 0 aromatic carbocycles. The molecule has 4 fully saturated rings. The van der Waals surface area contributed by atoms with Crippen LogP contribution in [0.15, 0.2) is 60.9 Å². The Balaban J connectivity index is 1.27. The van der Waals surface area contributed by atoms with Gasteiger partial charge < -0.3 is 0 Å². The number of hydrogen-bond donors (Lipinski definition) is 0. The average molecular weight is 426 g/mol. The molecule has 32 heavy (non-hydrogen) atoms. The van der Waals surface area contributed by atoms with Gasteiger partial charge in [-0.2, -0.15) is 0 Å². The van der Waals surface area contributed by atoms with Crippen molar-refractivity contribution in [3.05, 3.63) is 60.9 Å². The largest absolute Gasteiger partial charge is 0.274 e. The molecule has 2 saturated heterocycles. The standard InChI is InChI=1S/C24H18N4O4/c29-21-17-11-7-8-12(18(17)22(30)27(21)13-5-1-3-9-25-13)16-15(11)19-20(16)24(32)28(23(19)31)14-6-2-4-10-26-14/h1-12,15-20H/t11-,12+,15-,16-,17+,18-,19+,20-/m0/s1. The molecule has 0 N–H and O–H groups in total. The first-order valence-electron chi connectivity index (χ1n) is 10.9. The van der Waals surface area contributed by atoms with E-state index in [0.717, 1.165) is 0 Å². The lowest BCUT2D eigenvalue weighted by atomic mass is 9.40. The third-order valence-corrected chi connectivity index (χ3v) is 8.10. The van der Waals surface area contributed by atoms with Gasteiger partial charge in [-0.05, 0) is 47.9 Å². The van der Waals surface area contributed by atoms with Crippen molar-refractivity contribution >= 4 is 35.3 Å². The minimum absolute atomic E-state index is 0.109. The molecule has 2 bridgehead atoms. The van der Waals surface area contributed by atoms with E-state index in [1.165, 1.54) is 9.80 Å². The van der Waals surface area contributed by atoms with E-state index in [9.17, 15) is 19.2 Å². The highest BCUT2D eigenvalue weighted by molar-refractivity contribution is 6.24. The van der Waals surface area contributed by atoms with E-state index >= 15 is 0 Å². The van der Waals surface area contributed by atoms with Crippen molar-refractivity contribution in [1.82, 2.24) is 9.97 Å². The Hall–Kier alpha value is -3.68. The maximum absolute atomic E-state index is 13.4. The Kier molecular flexibility index (Phi) is 3.35. The zero-order chi connectivity index (χ0) is 21.7. The molecule has 8 rings (SSSR count). The Labute approximate surface area is 182 Å². The molecule has 2 aromatic heterocycles. The monoisotopic (exact) mass is 426 g/mol. The van der Waals surface area contributed by atoms with Crippen molar-refractivity contribution in [2.75, 3.05) is 9.80 Å². The Bertz CT molecular complexity index is 1170. The van der Waals surface area contributed by atoms with Crippen LogP contribution in [0.5, 0.6) is 0 Å². The van der Waals surface area contributed by atoms with Gasteiger partial charge in [-0.15, -0.1) is 0 Å². The predicted octanol–water partition coefficient (Wildman–Crippen LogP) is 1.45. The summed E-state index contributed by atoms with van der Waals surface area (Å²) in [6, 6.07) is 10.3. The molecule has 2 aromatic rings. The Morgan fingerprint density at radius 2 is 0.969 bits per heavy atom. The first-order valence-corrected chi connectivity index (χ1v) is 10.9. The van der Waals surface area contributed by atoms with Gasteiger partial charge in [0, 0.05) is 12.4 Å². The Morgan fingerprint density at radius 3 is 1.34 bits per heavy atom. The summed E-state index contributed by atoms with van der Waals surface area (Å²) in [4.78, 5) is 64.2. The van der Waals surface area contributed by atoms with Gasteiger partial charge in [0.05, 0.1) is 23.7 Å². The summed E-state index contributed by atoms with van der Waals surface area (Å²) < 4.78 is 0. The number of carbonyl (C=O) groups is 4. The maximum Gasteiger partial charge on any atom is 0.239 e. The molecule has 8 heteroatoms. The molecule has 0 unspecified atom stereocenters. The quantitative estimate of drug-likeness (QED) is 0.532. The molecule has 6 aliphatic rings. The lowest BCUT2D eigenvalue weighted by molar-refractivity contribution is -0.166. The first kappa shape index (κ1) is 17.9. The van der Waals surface area contributed by atoms with Crippen molar-refractivity contribution in [3.8, 4) is 0 Å². The molecule has 4 aliphatic carbocycles. The number of hydrogen-bond acceptors (Lipinski definition) is 6. The Morgan fingerprint density at radius 1 is 0.562 bits per heavy atom. The summed E-state index contributed by atoms with van der Waals surface area (Å²) in [7, 11) is 0. The molecule has 0 radical (unpaired) electrons. The van der Waals surface area contributed by atoms with E-state index in [-0.39, 0.29) is 47.3 Å². The SMILES string of the molecule is O=C1[C@@H]2[C@H]3C=C[C@@H]([C@@H]2C(=O)N1c1ccccn1)[C@@H]1[C@@H]2C(=O)N(c4ccccn4)C(=O)[C@@H]2[C@@H]31. The molecule has 8 nitrogen and oxygen atoms in total. The topological polar surface area (TPSA) is 101 Å². The maximum atomic E-state index is 13.4. The minimum Gasteiger partial charge on any atom is -0.274 e. The number of pyridine rings is 2. The van der Waals surface area contributed by atoms with Crippen LogP contribution >= 0.6 is 0 Å². The molecule has 2 saturated carbocycles. The lowest BCUT2D eigenvalue weighted by Gasteiger charge is -2.60. The van der Waals surface area contributed by atoms with E-state index in [2.05, 4.69) is 9.97 Å². The molecule has 158 valence electrons. The highest BCUT2D eigenvalue weighted by Crippen LogP contribution is 2.68. The van der Waals surface area contributed by atoms with Gasteiger partial charge in [0.25, 0.3) is 0 Å². The van der Waals surface area contributed by atoms with Gasteiger partial charge >= 0.3 is 0 Å². The fourth-order valence-corrected chi connectivity index (χ4v) is 7.02. The average Bonchev–Trinajstić information content (AvgIpc) is 3.19. The predicted molar refractivity (Wildman–Crippen MR) is 111 cm³/mol. The van der Waals surface area contributed by atoms with E-state index in [1.54, 1.807) is 48.8 Å². The van der Waals surface area contributed by atoms with Crippen LogP contribution in [0.3, 0.4) is 0 Å². The van der Waals surface area contributed by atoms with E-state index < -0.39 is 23.7 Å². The number of nitrogens with zero attached hydrogens (tertiary/aromatic N) is 4. The smallest absolute Gasteiger partial charge is 0.239 e. The van der Waals surface area contributed by atoms with E-state index in [0.29, 0.717) is 11.6 Å². The molecule has 4 amide bonds. The van der Waals surface area contributed by atoms with Crippen LogP contribution in [-0.4, -0.2) is 33.6 Å². The van der Waals surface area contributed by atoms with Crippen LogP contribution in [0.25, 0.3) is 0 Å². The van der Waals surface area contributed by atoms with Crippen LogP contribution in [0.1, 0.15) is 0 Å². The van der Waals surface area contributed by atoms with Gasteiger partial charge in [0.1, 0.15) is 11.6 Å². The fraction of sp³-hybridized carbons (Fsp3) is 0.333. The summed E-state index contributed by atoms with van der Waals surface area (Å²) in [5.74, 6) is -2.93. The summed E-state index contributed by atoms with van der Waals surface area (Å²) in [6.07, 6.45) is 7.11. The number of amides is 4. The summed E-state index contributed by atoms with van der Waals surface area (Å²) in [5, 5.41) is 0. The number of anilines is 2. The molecule has 4 heterocycles. The number of imide groups is 2. The second-order valence-corrected chi connectivity index (χ2v) is 9.20. The van der Waals surface area contributed by atoms with E-state index in [1.807, 2.05) is 12.2 Å². The molecular weight excluding hydrogens is 408 g/mol. The summed E-state index contributed by atoms with van der Waals surface area (Å²) >= 11 is 0. The molecule has 2 aliphatic heterocycles. The zero-order valence-electron chi connectivity index (χ0n) is 16.8. The summed E-state index contributed by atoms with van der Waals surface area (Å²) in [6.45, 7) is 0. The van der Waals surface area contributed by atoms with Gasteiger partial charge in [-0.3, -0.25) is 19.2 Å². The van der Waals surface area contributed by atoms with Crippen molar-refractivity contribution in [1.29, 1.82) is 0 Å². The first-order chi connectivity index (χ1) is 15.6. The second kappa shape index (κ2) is 5.97. The normalized spacial score (nSPS) is 38.6. The van der Waals surface area contributed by atoms with Gasteiger partial charge in [-0.1, -0.05) is 24.3 Å². The van der Waals surface area contributed by atoms with Crippen LogP contribution in [0.4, 0.5) is 11.6 Å². The van der Waals surface area contributed by atoms with Crippen molar-refractivity contribution in [3.63, 3.8) is 0 Å². The van der Waals surface area contributed by atoms with E-state index in [4.69, 9.17) is 0 Å².